The highest BCUT2D eigenvalue weighted by atomic mass is 19.4. The molecular formula is C17H18F9NO5. The van der Waals surface area contributed by atoms with Crippen LogP contribution in [0.4, 0.5) is 39.5 Å². The summed E-state index contributed by atoms with van der Waals surface area (Å²) in [7, 11) is 0. The third-order valence-corrected chi connectivity index (χ3v) is 4.40. The molecule has 0 aliphatic rings. The summed E-state index contributed by atoms with van der Waals surface area (Å²) < 4.78 is 125. The second-order valence-electron chi connectivity index (χ2n) is 6.73. The Morgan fingerprint density at radius 3 is 1.78 bits per heavy atom. The predicted octanol–water partition coefficient (Wildman–Crippen LogP) is 5.17. The van der Waals surface area contributed by atoms with Gasteiger partial charge in [0.15, 0.2) is 11.5 Å². The van der Waals surface area contributed by atoms with Crippen LogP contribution < -0.4 is 19.9 Å². The number of nitrogens with two attached hydrogens (primary N) is 1. The molecule has 15 heteroatoms. The quantitative estimate of drug-likeness (QED) is 0.467. The second kappa shape index (κ2) is 9.92. The van der Waals surface area contributed by atoms with E-state index in [1.165, 1.54) is 13.8 Å². The molecule has 32 heavy (non-hydrogen) atoms. The SMILES string of the molecule is CC(CC(CN)C(=O)O)C(C)c1ccc(OC(F)(F)F)c(OC(F)(F)F)c1OC(F)(F)F. The number of benzene rings is 1. The number of alkyl halides is 9. The average Bonchev–Trinajstić information content (AvgIpc) is 2.58. The van der Waals surface area contributed by atoms with Crippen LogP contribution in [0.25, 0.3) is 0 Å². The first kappa shape index (κ1) is 27.5. The molecule has 1 aromatic carbocycles. The molecule has 3 unspecified atom stereocenters. The van der Waals surface area contributed by atoms with E-state index >= 15 is 0 Å². The molecule has 0 heterocycles. The van der Waals surface area contributed by atoms with Crippen molar-refractivity contribution in [2.24, 2.45) is 17.6 Å². The summed E-state index contributed by atoms with van der Waals surface area (Å²) in [5.74, 6) is -9.78. The van der Waals surface area contributed by atoms with Crippen molar-refractivity contribution in [3.63, 3.8) is 0 Å². The topological polar surface area (TPSA) is 91.0 Å². The van der Waals surface area contributed by atoms with Crippen LogP contribution in [0.3, 0.4) is 0 Å². The van der Waals surface area contributed by atoms with Gasteiger partial charge in [-0.15, -0.1) is 39.5 Å². The Morgan fingerprint density at radius 2 is 1.38 bits per heavy atom. The number of carboxylic acid groups (broad SMARTS) is 1. The molecule has 3 atom stereocenters. The summed E-state index contributed by atoms with van der Waals surface area (Å²) in [6, 6.07) is 0.985. The summed E-state index contributed by atoms with van der Waals surface area (Å²) in [6.45, 7) is 2.26. The maximum Gasteiger partial charge on any atom is 0.573 e. The number of rotatable bonds is 9. The maximum atomic E-state index is 12.9. The van der Waals surface area contributed by atoms with Gasteiger partial charge in [0.2, 0.25) is 5.75 Å². The molecule has 3 N–H and O–H groups in total. The third-order valence-electron chi connectivity index (χ3n) is 4.40. The smallest absolute Gasteiger partial charge is 0.481 e. The fraction of sp³-hybridized carbons (Fsp3) is 0.588. The van der Waals surface area contributed by atoms with Gasteiger partial charge in [-0.25, -0.2) is 0 Å². The van der Waals surface area contributed by atoms with Crippen LogP contribution in [0.15, 0.2) is 12.1 Å². The first-order valence-corrected chi connectivity index (χ1v) is 8.71. The lowest BCUT2D eigenvalue weighted by molar-refractivity contribution is -0.293. The van der Waals surface area contributed by atoms with Crippen molar-refractivity contribution in [2.45, 2.75) is 45.3 Å². The number of halogens is 9. The minimum atomic E-state index is -5.70. The number of hydrogen-bond acceptors (Lipinski definition) is 5. The number of ether oxygens (including phenoxy) is 3. The molecule has 0 aliphatic heterocycles. The van der Waals surface area contributed by atoms with E-state index in [1.54, 1.807) is 0 Å². The van der Waals surface area contributed by atoms with Crippen LogP contribution in [-0.4, -0.2) is 36.7 Å². The molecule has 0 aromatic heterocycles. The molecule has 1 aromatic rings. The monoisotopic (exact) mass is 487 g/mol. The van der Waals surface area contributed by atoms with Gasteiger partial charge in [0.25, 0.3) is 0 Å². The van der Waals surface area contributed by atoms with Gasteiger partial charge < -0.3 is 25.1 Å². The maximum absolute atomic E-state index is 12.9. The van der Waals surface area contributed by atoms with Gasteiger partial charge in [0.1, 0.15) is 0 Å². The van der Waals surface area contributed by atoms with E-state index in [0.29, 0.717) is 12.1 Å². The Kier molecular flexibility index (Phi) is 8.51. The predicted molar refractivity (Wildman–Crippen MR) is 88.9 cm³/mol. The molecule has 6 nitrogen and oxygen atoms in total. The molecular weight excluding hydrogens is 469 g/mol. The zero-order valence-electron chi connectivity index (χ0n) is 16.4. The van der Waals surface area contributed by atoms with Crippen LogP contribution in [0, 0.1) is 11.8 Å². The summed E-state index contributed by atoms with van der Waals surface area (Å²) in [6.07, 6.45) is -17.1. The summed E-state index contributed by atoms with van der Waals surface area (Å²) in [4.78, 5) is 11.1. The summed E-state index contributed by atoms with van der Waals surface area (Å²) in [5.41, 5.74) is 4.70. The van der Waals surface area contributed by atoms with Gasteiger partial charge in [-0.1, -0.05) is 19.9 Å². The van der Waals surface area contributed by atoms with E-state index in [0.717, 1.165) is 0 Å². The normalized spacial score (nSPS) is 15.6. The largest absolute Gasteiger partial charge is 0.573 e. The minimum absolute atomic E-state index is 0.200. The average molecular weight is 487 g/mol. The standard InChI is InChI=1S/C17H18F9NO5/c1-7(5-9(6-27)14(28)29)8(2)10-3-4-11(30-15(18,19)20)13(32-17(24,25)26)12(10)31-16(21,22)23/h3-4,7-9H,5-6,27H2,1-2H3,(H,28,29). The fourth-order valence-corrected chi connectivity index (χ4v) is 2.81. The van der Waals surface area contributed by atoms with E-state index in [1.807, 2.05) is 0 Å². The number of aliphatic carboxylic acids is 1. The highest BCUT2D eigenvalue weighted by Gasteiger charge is 2.42. The Balaban J connectivity index is 3.62. The van der Waals surface area contributed by atoms with Gasteiger partial charge in [-0.3, -0.25) is 4.79 Å². The minimum Gasteiger partial charge on any atom is -0.481 e. The summed E-state index contributed by atoms with van der Waals surface area (Å²) in [5, 5.41) is 9.08. The van der Waals surface area contributed by atoms with Crippen LogP contribution in [0.2, 0.25) is 0 Å². The van der Waals surface area contributed by atoms with Crippen LogP contribution >= 0.6 is 0 Å². The van der Waals surface area contributed by atoms with Crippen molar-refractivity contribution in [1.82, 2.24) is 0 Å². The van der Waals surface area contributed by atoms with Gasteiger partial charge in [-0.2, -0.15) is 0 Å². The lowest BCUT2D eigenvalue weighted by atomic mass is 9.82. The Bertz CT molecular complexity index is 792. The second-order valence-corrected chi connectivity index (χ2v) is 6.73. The summed E-state index contributed by atoms with van der Waals surface area (Å²) >= 11 is 0. The molecule has 0 amide bonds. The van der Waals surface area contributed by atoms with Crippen molar-refractivity contribution in [3.8, 4) is 17.2 Å². The number of carboxylic acids is 1. The van der Waals surface area contributed by atoms with E-state index < -0.39 is 65.6 Å². The number of hydrogen-bond donors (Lipinski definition) is 2. The van der Waals surface area contributed by atoms with Crippen LogP contribution in [-0.2, 0) is 4.79 Å². The van der Waals surface area contributed by atoms with Gasteiger partial charge in [0, 0.05) is 12.1 Å². The lowest BCUT2D eigenvalue weighted by Gasteiger charge is -2.27. The Hall–Kier alpha value is -2.58. The molecule has 0 spiro atoms. The molecule has 1 rings (SSSR count). The van der Waals surface area contributed by atoms with Crippen molar-refractivity contribution in [1.29, 1.82) is 0 Å². The van der Waals surface area contributed by atoms with Crippen molar-refractivity contribution < 1.29 is 63.6 Å². The fourth-order valence-electron chi connectivity index (χ4n) is 2.81. The van der Waals surface area contributed by atoms with Crippen molar-refractivity contribution in [3.05, 3.63) is 17.7 Å². The first-order valence-electron chi connectivity index (χ1n) is 8.71. The molecule has 0 saturated heterocycles. The van der Waals surface area contributed by atoms with Crippen LogP contribution in [0.5, 0.6) is 17.2 Å². The van der Waals surface area contributed by atoms with Gasteiger partial charge >= 0.3 is 25.1 Å². The molecule has 0 saturated carbocycles. The zero-order chi connectivity index (χ0) is 25.1. The third kappa shape index (κ3) is 8.51. The highest BCUT2D eigenvalue weighted by molar-refractivity contribution is 5.70. The van der Waals surface area contributed by atoms with E-state index in [2.05, 4.69) is 14.2 Å². The molecule has 0 fully saturated rings. The van der Waals surface area contributed by atoms with E-state index in [4.69, 9.17) is 10.8 Å². The van der Waals surface area contributed by atoms with Crippen molar-refractivity contribution in [2.75, 3.05) is 6.54 Å². The molecule has 0 radical (unpaired) electrons. The van der Waals surface area contributed by atoms with Gasteiger partial charge in [-0.05, 0) is 24.3 Å². The Morgan fingerprint density at radius 1 is 0.906 bits per heavy atom. The number of carbonyl (C=O) groups is 1. The molecule has 0 bridgehead atoms. The van der Waals surface area contributed by atoms with E-state index in [9.17, 15) is 44.3 Å². The Labute approximate surface area is 175 Å². The molecule has 184 valence electrons. The highest BCUT2D eigenvalue weighted by Crippen LogP contribution is 2.49. The lowest BCUT2D eigenvalue weighted by Crippen LogP contribution is -2.27. The van der Waals surface area contributed by atoms with E-state index in [-0.39, 0.29) is 13.0 Å². The first-order chi connectivity index (χ1) is 14.3. The van der Waals surface area contributed by atoms with Gasteiger partial charge in [0.05, 0.1) is 5.92 Å². The molecule has 0 aliphatic carbocycles. The van der Waals surface area contributed by atoms with Crippen molar-refractivity contribution >= 4 is 5.97 Å². The van der Waals surface area contributed by atoms with Crippen LogP contribution in [0.1, 0.15) is 31.7 Å². The zero-order valence-corrected chi connectivity index (χ0v) is 16.4.